The van der Waals surface area contributed by atoms with Crippen LogP contribution in [0.2, 0.25) is 5.22 Å². The lowest BCUT2D eigenvalue weighted by molar-refractivity contribution is 0.0929. The van der Waals surface area contributed by atoms with Crippen molar-refractivity contribution in [1.29, 1.82) is 0 Å². The molecule has 17 heavy (non-hydrogen) atoms. The van der Waals surface area contributed by atoms with Crippen molar-refractivity contribution in [3.05, 3.63) is 23.1 Å². The number of halogens is 1. The summed E-state index contributed by atoms with van der Waals surface area (Å²) in [5.41, 5.74) is 0.433. The number of nitrogens with zero attached hydrogens (tertiary/aromatic N) is 1. The highest BCUT2D eigenvalue weighted by molar-refractivity contribution is 6.32. The molecule has 1 aromatic heterocycles. The van der Waals surface area contributed by atoms with E-state index in [9.17, 15) is 4.79 Å². The highest BCUT2D eigenvalue weighted by atomic mass is 35.5. The number of fused-ring (bicyclic) bond motifs is 1. The molecule has 0 saturated carbocycles. The molecule has 2 unspecified atom stereocenters. The van der Waals surface area contributed by atoms with Gasteiger partial charge in [-0.05, 0) is 43.5 Å². The molecule has 0 bridgehead atoms. The Morgan fingerprint density at radius 3 is 3.12 bits per heavy atom. The van der Waals surface area contributed by atoms with Gasteiger partial charge in [-0.15, -0.1) is 0 Å². The Hall–Kier alpha value is -1.00. The summed E-state index contributed by atoms with van der Waals surface area (Å²) in [7, 11) is 0. The van der Waals surface area contributed by atoms with Gasteiger partial charge in [0.1, 0.15) is 0 Å². The zero-order valence-electron chi connectivity index (χ0n) is 9.49. The maximum absolute atomic E-state index is 12.0. The van der Waals surface area contributed by atoms with Crippen molar-refractivity contribution in [2.45, 2.75) is 31.3 Å². The standard InChI is InChI=1S/C12H15ClN2O2/c13-11-8(4-7-17-11)12(16)14-9-3-6-15-5-1-2-10(9)15/h4,7,9-10H,1-3,5-6H2,(H,14,16). The fraction of sp³-hybridized carbons (Fsp3) is 0.583. The summed E-state index contributed by atoms with van der Waals surface area (Å²) in [6.07, 6.45) is 4.90. The number of carbonyl (C=O) groups is 1. The SMILES string of the molecule is O=C(NC1CCN2CCCC12)c1ccoc1Cl. The first-order chi connectivity index (χ1) is 8.25. The van der Waals surface area contributed by atoms with Crippen LogP contribution in [0.3, 0.4) is 0 Å². The van der Waals surface area contributed by atoms with Crippen molar-refractivity contribution in [3.63, 3.8) is 0 Å². The molecule has 2 aliphatic rings. The van der Waals surface area contributed by atoms with Crippen LogP contribution in [-0.2, 0) is 0 Å². The van der Waals surface area contributed by atoms with Gasteiger partial charge in [-0.3, -0.25) is 9.69 Å². The molecule has 1 N–H and O–H groups in total. The Labute approximate surface area is 105 Å². The van der Waals surface area contributed by atoms with Crippen LogP contribution in [0.5, 0.6) is 0 Å². The first-order valence-electron chi connectivity index (χ1n) is 6.03. The first kappa shape index (κ1) is 11.1. The molecule has 1 aromatic rings. The van der Waals surface area contributed by atoms with E-state index in [0.29, 0.717) is 11.6 Å². The number of amides is 1. The van der Waals surface area contributed by atoms with Crippen molar-refractivity contribution < 1.29 is 9.21 Å². The molecule has 3 heterocycles. The van der Waals surface area contributed by atoms with E-state index in [1.165, 1.54) is 25.6 Å². The molecular weight excluding hydrogens is 240 g/mol. The minimum Gasteiger partial charge on any atom is -0.452 e. The third-order valence-corrected chi connectivity index (χ3v) is 4.08. The highest BCUT2D eigenvalue weighted by Gasteiger charge is 2.38. The Morgan fingerprint density at radius 1 is 1.47 bits per heavy atom. The second-order valence-corrected chi connectivity index (χ2v) is 5.07. The number of carbonyl (C=O) groups excluding carboxylic acids is 1. The molecule has 1 amide bonds. The zero-order valence-corrected chi connectivity index (χ0v) is 10.2. The number of furan rings is 1. The van der Waals surface area contributed by atoms with Gasteiger partial charge in [0.2, 0.25) is 5.22 Å². The van der Waals surface area contributed by atoms with Crippen molar-refractivity contribution >= 4 is 17.5 Å². The van der Waals surface area contributed by atoms with Gasteiger partial charge < -0.3 is 9.73 Å². The molecule has 2 saturated heterocycles. The predicted octanol–water partition coefficient (Wildman–Crippen LogP) is 1.90. The van der Waals surface area contributed by atoms with E-state index in [2.05, 4.69) is 10.2 Å². The van der Waals surface area contributed by atoms with Crippen LogP contribution in [0.1, 0.15) is 29.6 Å². The molecule has 2 aliphatic heterocycles. The summed E-state index contributed by atoms with van der Waals surface area (Å²) in [4.78, 5) is 14.5. The lowest BCUT2D eigenvalue weighted by Gasteiger charge is -2.20. The summed E-state index contributed by atoms with van der Waals surface area (Å²) in [6.45, 7) is 2.26. The average molecular weight is 255 g/mol. The maximum atomic E-state index is 12.0. The highest BCUT2D eigenvalue weighted by Crippen LogP contribution is 2.28. The van der Waals surface area contributed by atoms with Crippen molar-refractivity contribution in [1.82, 2.24) is 10.2 Å². The Bertz CT molecular complexity index is 432. The smallest absolute Gasteiger partial charge is 0.256 e. The van der Waals surface area contributed by atoms with Crippen LogP contribution in [0.4, 0.5) is 0 Å². The molecule has 0 aromatic carbocycles. The van der Waals surface area contributed by atoms with Crippen molar-refractivity contribution in [2.24, 2.45) is 0 Å². The molecule has 0 aliphatic carbocycles. The summed E-state index contributed by atoms with van der Waals surface area (Å²) in [6, 6.07) is 2.39. The largest absolute Gasteiger partial charge is 0.452 e. The fourth-order valence-corrected chi connectivity index (χ4v) is 3.15. The second kappa shape index (κ2) is 4.35. The third kappa shape index (κ3) is 1.96. The van der Waals surface area contributed by atoms with Gasteiger partial charge in [0.25, 0.3) is 5.91 Å². The lowest BCUT2D eigenvalue weighted by Crippen LogP contribution is -2.42. The van der Waals surface area contributed by atoms with E-state index in [1.807, 2.05) is 0 Å². The monoisotopic (exact) mass is 254 g/mol. The average Bonchev–Trinajstić information content (AvgIpc) is 2.96. The van der Waals surface area contributed by atoms with Gasteiger partial charge in [-0.25, -0.2) is 0 Å². The summed E-state index contributed by atoms with van der Waals surface area (Å²) >= 11 is 5.79. The number of hydrogen-bond acceptors (Lipinski definition) is 3. The van der Waals surface area contributed by atoms with Crippen molar-refractivity contribution in [2.75, 3.05) is 13.1 Å². The topological polar surface area (TPSA) is 45.5 Å². The van der Waals surface area contributed by atoms with Gasteiger partial charge in [0.15, 0.2) is 0 Å². The Kier molecular flexibility index (Phi) is 2.84. The van der Waals surface area contributed by atoms with Crippen LogP contribution in [0, 0.1) is 0 Å². The van der Waals surface area contributed by atoms with Crippen LogP contribution in [0.25, 0.3) is 0 Å². The molecule has 2 atom stereocenters. The number of rotatable bonds is 2. The minimum absolute atomic E-state index is 0.123. The van der Waals surface area contributed by atoms with Gasteiger partial charge in [-0.1, -0.05) is 0 Å². The Balaban J connectivity index is 1.68. The molecular formula is C12H15ClN2O2. The van der Waals surface area contributed by atoms with E-state index in [1.54, 1.807) is 6.07 Å². The number of hydrogen-bond donors (Lipinski definition) is 1. The van der Waals surface area contributed by atoms with Crippen LogP contribution in [-0.4, -0.2) is 36.0 Å². The van der Waals surface area contributed by atoms with Gasteiger partial charge in [0.05, 0.1) is 11.8 Å². The molecule has 3 rings (SSSR count). The summed E-state index contributed by atoms with van der Waals surface area (Å²) < 4.78 is 4.93. The van der Waals surface area contributed by atoms with E-state index in [0.717, 1.165) is 13.0 Å². The van der Waals surface area contributed by atoms with Crippen LogP contribution >= 0.6 is 11.6 Å². The van der Waals surface area contributed by atoms with Crippen molar-refractivity contribution in [3.8, 4) is 0 Å². The molecule has 2 fully saturated rings. The predicted molar refractivity (Wildman–Crippen MR) is 64.2 cm³/mol. The first-order valence-corrected chi connectivity index (χ1v) is 6.41. The Morgan fingerprint density at radius 2 is 2.35 bits per heavy atom. The van der Waals surface area contributed by atoms with E-state index in [-0.39, 0.29) is 17.2 Å². The third-order valence-electron chi connectivity index (χ3n) is 3.79. The molecule has 92 valence electrons. The van der Waals surface area contributed by atoms with Gasteiger partial charge in [0, 0.05) is 18.6 Å². The maximum Gasteiger partial charge on any atom is 0.256 e. The fourth-order valence-electron chi connectivity index (χ4n) is 2.95. The molecule has 5 heteroatoms. The lowest BCUT2D eigenvalue weighted by atomic mass is 10.1. The quantitative estimate of drug-likeness (QED) is 0.877. The number of nitrogens with one attached hydrogen (secondary N) is 1. The van der Waals surface area contributed by atoms with E-state index >= 15 is 0 Å². The zero-order chi connectivity index (χ0) is 11.8. The van der Waals surface area contributed by atoms with Gasteiger partial charge in [-0.2, -0.15) is 0 Å². The second-order valence-electron chi connectivity index (χ2n) is 4.72. The normalized spacial score (nSPS) is 28.3. The van der Waals surface area contributed by atoms with E-state index < -0.39 is 0 Å². The van der Waals surface area contributed by atoms with Crippen LogP contribution < -0.4 is 5.32 Å². The summed E-state index contributed by atoms with van der Waals surface area (Å²) in [5, 5.41) is 3.24. The van der Waals surface area contributed by atoms with E-state index in [4.69, 9.17) is 16.0 Å². The van der Waals surface area contributed by atoms with Gasteiger partial charge >= 0.3 is 0 Å². The molecule has 4 nitrogen and oxygen atoms in total. The molecule has 0 spiro atoms. The summed E-state index contributed by atoms with van der Waals surface area (Å²) in [5.74, 6) is -0.123. The minimum atomic E-state index is -0.123. The molecule has 0 radical (unpaired) electrons. The van der Waals surface area contributed by atoms with Crippen LogP contribution in [0.15, 0.2) is 16.7 Å².